The highest BCUT2D eigenvalue weighted by molar-refractivity contribution is 6.30. The van der Waals surface area contributed by atoms with Crippen molar-refractivity contribution in [1.29, 1.82) is 0 Å². The Hall–Kier alpha value is -4.14. The van der Waals surface area contributed by atoms with Gasteiger partial charge in [-0.3, -0.25) is 9.59 Å². The Labute approximate surface area is 227 Å². The zero-order chi connectivity index (χ0) is 27.7. The van der Waals surface area contributed by atoms with Crippen LogP contribution in [-0.2, 0) is 0 Å². The minimum Gasteiger partial charge on any atom is -0.382 e. The lowest BCUT2D eigenvalue weighted by Gasteiger charge is -2.23. The number of anilines is 2. The second-order valence-corrected chi connectivity index (χ2v) is 9.60. The number of nitrogens with zero attached hydrogens (tertiary/aromatic N) is 1. The molecular weight excluding hydrogens is 529 g/mol. The van der Waals surface area contributed by atoms with Gasteiger partial charge in [-0.2, -0.15) is 0 Å². The number of alkyl halides is 2. The van der Waals surface area contributed by atoms with Crippen LogP contribution in [0, 0.1) is 5.82 Å². The summed E-state index contributed by atoms with van der Waals surface area (Å²) in [6.45, 7) is -0.322. The van der Waals surface area contributed by atoms with E-state index in [9.17, 15) is 27.9 Å². The molecule has 2 N–H and O–H groups in total. The minimum atomic E-state index is -3.45. The molecule has 1 atom stereocenters. The number of fused-ring (bicyclic) bond motifs is 1. The molecule has 0 fully saturated rings. The van der Waals surface area contributed by atoms with Gasteiger partial charge in [-0.15, -0.1) is 0 Å². The molecule has 0 saturated heterocycles. The Balaban J connectivity index is 1.38. The summed E-state index contributed by atoms with van der Waals surface area (Å²) in [5.41, 5.74) is 1.99. The van der Waals surface area contributed by atoms with Crippen molar-refractivity contribution in [3.05, 3.63) is 119 Å². The maximum absolute atomic E-state index is 14.5. The summed E-state index contributed by atoms with van der Waals surface area (Å²) in [5.74, 6) is -5.10. The van der Waals surface area contributed by atoms with Gasteiger partial charge in [0.25, 0.3) is 17.7 Å². The molecule has 1 heterocycles. The summed E-state index contributed by atoms with van der Waals surface area (Å²) >= 11 is 5.97. The first kappa shape index (κ1) is 26.5. The number of hydrogen-bond acceptors (Lipinski definition) is 3. The van der Waals surface area contributed by atoms with Crippen LogP contribution in [0.4, 0.5) is 24.5 Å². The van der Waals surface area contributed by atoms with E-state index in [1.807, 2.05) is 30.3 Å². The molecule has 2 amide bonds. The van der Waals surface area contributed by atoms with Crippen LogP contribution < -0.4 is 10.2 Å². The van der Waals surface area contributed by atoms with E-state index in [0.717, 1.165) is 11.6 Å². The fraction of sp³-hybridized carbons (Fsp3) is 0.133. The topological polar surface area (TPSA) is 69.6 Å². The van der Waals surface area contributed by atoms with Crippen molar-refractivity contribution in [1.82, 2.24) is 0 Å². The van der Waals surface area contributed by atoms with E-state index in [1.54, 1.807) is 0 Å². The van der Waals surface area contributed by atoms with E-state index < -0.39 is 36.1 Å². The second kappa shape index (κ2) is 10.6. The Morgan fingerprint density at radius 1 is 0.949 bits per heavy atom. The van der Waals surface area contributed by atoms with Crippen LogP contribution in [0.5, 0.6) is 0 Å². The van der Waals surface area contributed by atoms with Crippen LogP contribution in [0.15, 0.2) is 91.0 Å². The third-order valence-corrected chi connectivity index (χ3v) is 6.82. The molecule has 4 aromatic rings. The summed E-state index contributed by atoms with van der Waals surface area (Å²) in [4.78, 5) is 27.6. The number of hydrogen-bond donors (Lipinski definition) is 2. The highest BCUT2D eigenvalue weighted by atomic mass is 35.5. The van der Waals surface area contributed by atoms with Crippen LogP contribution in [-0.4, -0.2) is 29.4 Å². The average molecular weight is 551 g/mol. The Bertz CT molecular complexity index is 1550. The van der Waals surface area contributed by atoms with Crippen molar-refractivity contribution in [3.8, 4) is 11.1 Å². The number of rotatable bonds is 4. The SMILES string of the molecule is O=C(Nc1ccc(C(=O)N2CCC(F)(F)[C@H](O)c3cc(Cl)ccc32)cc1)c1cc(F)ccc1-c1ccccc1. The zero-order valence-electron chi connectivity index (χ0n) is 20.4. The van der Waals surface area contributed by atoms with Gasteiger partial charge in [0.05, 0.1) is 11.3 Å². The largest absolute Gasteiger partial charge is 0.382 e. The highest BCUT2D eigenvalue weighted by Crippen LogP contribution is 2.43. The fourth-order valence-electron chi connectivity index (χ4n) is 4.57. The van der Waals surface area contributed by atoms with Gasteiger partial charge in [0, 0.05) is 34.8 Å². The first-order valence-corrected chi connectivity index (χ1v) is 12.5. The monoisotopic (exact) mass is 550 g/mol. The van der Waals surface area contributed by atoms with Gasteiger partial charge >= 0.3 is 0 Å². The molecule has 0 aliphatic carbocycles. The Kier molecular flexibility index (Phi) is 7.16. The molecule has 4 aromatic carbocycles. The molecule has 9 heteroatoms. The standard InChI is InChI=1S/C30H22ClF3N2O3/c31-20-8-13-26-25(16-20)27(37)30(33,34)14-15-36(26)29(39)19-6-10-22(11-7-19)35-28(38)24-17-21(32)9-12-23(24)18-4-2-1-3-5-18/h1-13,16-17,27,37H,14-15H2,(H,35,38)/t27-/m1/s1. The molecule has 5 rings (SSSR count). The van der Waals surface area contributed by atoms with Crippen LogP contribution in [0.2, 0.25) is 5.02 Å². The third-order valence-electron chi connectivity index (χ3n) is 6.59. The summed E-state index contributed by atoms with van der Waals surface area (Å²) in [5, 5.41) is 13.1. The normalized spacial score (nSPS) is 16.2. The van der Waals surface area contributed by atoms with Crippen molar-refractivity contribution in [2.75, 3.05) is 16.8 Å². The molecule has 5 nitrogen and oxygen atoms in total. The van der Waals surface area contributed by atoms with Gasteiger partial charge in [-0.25, -0.2) is 13.2 Å². The zero-order valence-corrected chi connectivity index (χ0v) is 21.1. The number of amides is 2. The second-order valence-electron chi connectivity index (χ2n) is 9.16. The molecule has 39 heavy (non-hydrogen) atoms. The summed E-state index contributed by atoms with van der Waals surface area (Å²) in [6, 6.07) is 23.1. The molecule has 1 aliphatic heterocycles. The first-order valence-electron chi connectivity index (χ1n) is 12.1. The summed E-state index contributed by atoms with van der Waals surface area (Å²) < 4.78 is 43.0. The fourth-order valence-corrected chi connectivity index (χ4v) is 4.75. The van der Waals surface area contributed by atoms with Gasteiger partial charge in [-0.1, -0.05) is 48.0 Å². The number of carbonyl (C=O) groups excluding carboxylic acids is 2. The maximum Gasteiger partial charge on any atom is 0.279 e. The lowest BCUT2D eigenvalue weighted by atomic mass is 9.99. The molecule has 1 aliphatic rings. The lowest BCUT2D eigenvalue weighted by Crippen LogP contribution is -2.33. The van der Waals surface area contributed by atoms with Crippen molar-refractivity contribution in [3.63, 3.8) is 0 Å². The van der Waals surface area contributed by atoms with Crippen molar-refractivity contribution in [2.24, 2.45) is 0 Å². The molecule has 0 radical (unpaired) electrons. The van der Waals surface area contributed by atoms with Crippen molar-refractivity contribution >= 4 is 34.8 Å². The Morgan fingerprint density at radius 2 is 1.67 bits per heavy atom. The van der Waals surface area contributed by atoms with E-state index in [2.05, 4.69) is 5.32 Å². The molecule has 0 bridgehead atoms. The number of benzene rings is 4. The lowest BCUT2D eigenvalue weighted by molar-refractivity contribution is -0.112. The average Bonchev–Trinajstić information content (AvgIpc) is 3.03. The van der Waals surface area contributed by atoms with Crippen molar-refractivity contribution < 1.29 is 27.9 Å². The third kappa shape index (κ3) is 5.39. The number of halogens is 4. The van der Waals surface area contributed by atoms with Crippen LogP contribution in [0.1, 0.15) is 38.8 Å². The van der Waals surface area contributed by atoms with Gasteiger partial charge in [0.2, 0.25) is 0 Å². The quantitative estimate of drug-likeness (QED) is 0.284. The minimum absolute atomic E-state index is 0.133. The van der Waals surface area contributed by atoms with Crippen molar-refractivity contribution in [2.45, 2.75) is 18.4 Å². The molecule has 198 valence electrons. The molecule has 0 unspecified atom stereocenters. The molecule has 0 saturated carbocycles. The predicted molar refractivity (Wildman–Crippen MR) is 144 cm³/mol. The summed E-state index contributed by atoms with van der Waals surface area (Å²) in [7, 11) is 0. The van der Waals surface area contributed by atoms with E-state index in [-0.39, 0.29) is 33.9 Å². The predicted octanol–water partition coefficient (Wildman–Crippen LogP) is 7.12. The van der Waals surface area contributed by atoms with E-state index in [4.69, 9.17) is 11.6 Å². The van der Waals surface area contributed by atoms with Crippen LogP contribution >= 0.6 is 11.6 Å². The van der Waals surface area contributed by atoms with E-state index >= 15 is 0 Å². The van der Waals surface area contributed by atoms with Gasteiger partial charge in [-0.05, 0) is 65.7 Å². The summed E-state index contributed by atoms with van der Waals surface area (Å²) in [6.07, 6.45) is -2.84. The van der Waals surface area contributed by atoms with E-state index in [1.165, 1.54) is 59.5 Å². The number of aliphatic hydroxyl groups excluding tert-OH is 1. The van der Waals surface area contributed by atoms with E-state index in [0.29, 0.717) is 11.3 Å². The number of nitrogens with one attached hydrogen (secondary N) is 1. The molecule has 0 spiro atoms. The smallest absolute Gasteiger partial charge is 0.279 e. The maximum atomic E-state index is 14.5. The van der Waals surface area contributed by atoms with Gasteiger partial charge < -0.3 is 15.3 Å². The van der Waals surface area contributed by atoms with Gasteiger partial charge in [0.15, 0.2) is 0 Å². The van der Waals surface area contributed by atoms with Crippen LogP contribution in [0.3, 0.4) is 0 Å². The first-order chi connectivity index (χ1) is 18.6. The highest BCUT2D eigenvalue weighted by Gasteiger charge is 2.44. The number of aliphatic hydroxyl groups is 1. The molecule has 0 aromatic heterocycles. The van der Waals surface area contributed by atoms with Gasteiger partial charge in [0.1, 0.15) is 11.9 Å². The number of carbonyl (C=O) groups is 2. The molecular formula is C30H22ClF3N2O3. The van der Waals surface area contributed by atoms with Crippen LogP contribution in [0.25, 0.3) is 11.1 Å². The Morgan fingerprint density at radius 3 is 2.38 bits per heavy atom.